The predicted molar refractivity (Wildman–Crippen MR) is 80.7 cm³/mol. The number of hydrogen-bond donors (Lipinski definition) is 1. The lowest BCUT2D eigenvalue weighted by Gasteiger charge is -2.12. The molecule has 1 aromatic heterocycles. The summed E-state index contributed by atoms with van der Waals surface area (Å²) in [6, 6.07) is 4.42. The molecule has 2 rings (SSSR count). The van der Waals surface area contributed by atoms with Crippen molar-refractivity contribution in [3.05, 3.63) is 35.3 Å². The van der Waals surface area contributed by atoms with Crippen molar-refractivity contribution in [2.45, 2.75) is 20.0 Å². The Morgan fingerprint density at radius 2 is 2.13 bits per heavy atom. The van der Waals surface area contributed by atoms with E-state index in [0.29, 0.717) is 24.1 Å². The number of benzene rings is 1. The van der Waals surface area contributed by atoms with Crippen molar-refractivity contribution >= 4 is 22.8 Å². The Labute approximate surface area is 132 Å². The first-order valence-corrected chi connectivity index (χ1v) is 7.11. The van der Waals surface area contributed by atoms with Gasteiger partial charge in [0.25, 0.3) is 5.91 Å². The predicted octanol–water partition coefficient (Wildman–Crippen LogP) is 2.19. The van der Waals surface area contributed by atoms with E-state index in [1.807, 2.05) is 0 Å². The topological polar surface area (TPSA) is 77.8 Å². The highest BCUT2D eigenvalue weighted by atomic mass is 19.1. The van der Waals surface area contributed by atoms with Crippen molar-refractivity contribution in [3.63, 3.8) is 0 Å². The lowest BCUT2D eigenvalue weighted by atomic mass is 10.1. The second kappa shape index (κ2) is 7.23. The van der Waals surface area contributed by atoms with E-state index < -0.39 is 23.8 Å². The Hall–Kier alpha value is -2.41. The number of aryl methyl sites for hydroxylation is 1. The number of furan rings is 1. The third-order valence-electron chi connectivity index (χ3n) is 3.36. The maximum absolute atomic E-state index is 13.7. The van der Waals surface area contributed by atoms with Gasteiger partial charge in [-0.25, -0.2) is 9.18 Å². The van der Waals surface area contributed by atoms with Crippen LogP contribution in [0.15, 0.2) is 22.6 Å². The zero-order chi connectivity index (χ0) is 17.0. The Bertz CT molecular complexity index is 725. The SMILES string of the molecule is COCCNC(=O)[C@@H](C)OC(=O)c1oc2c(F)cccc2c1C. The van der Waals surface area contributed by atoms with Crippen LogP contribution in [0.5, 0.6) is 0 Å². The summed E-state index contributed by atoms with van der Waals surface area (Å²) in [5.74, 6) is -1.93. The van der Waals surface area contributed by atoms with Crippen molar-refractivity contribution in [3.8, 4) is 0 Å². The Kier molecular flexibility index (Phi) is 5.33. The van der Waals surface area contributed by atoms with Crippen molar-refractivity contribution in [2.24, 2.45) is 0 Å². The maximum atomic E-state index is 13.7. The molecule has 0 saturated carbocycles. The Balaban J connectivity index is 2.10. The van der Waals surface area contributed by atoms with Gasteiger partial charge in [0.2, 0.25) is 5.76 Å². The van der Waals surface area contributed by atoms with Crippen LogP contribution in [0.4, 0.5) is 4.39 Å². The summed E-state index contributed by atoms with van der Waals surface area (Å²) in [4.78, 5) is 23.9. The Morgan fingerprint density at radius 1 is 1.39 bits per heavy atom. The minimum atomic E-state index is -1.00. The van der Waals surface area contributed by atoms with Crippen LogP contribution in [0, 0.1) is 12.7 Å². The standard InChI is InChI=1S/C16H18FNO5/c1-9-11-5-4-6-12(17)14(11)23-13(9)16(20)22-10(2)15(19)18-7-8-21-3/h4-6,10H,7-8H2,1-3H3,(H,18,19)/t10-/m1/s1. The third kappa shape index (κ3) is 3.68. The molecule has 0 aliphatic heterocycles. The molecule has 0 saturated heterocycles. The van der Waals surface area contributed by atoms with Crippen molar-refractivity contribution in [1.29, 1.82) is 0 Å². The molecule has 1 amide bonds. The van der Waals surface area contributed by atoms with Crippen LogP contribution < -0.4 is 5.32 Å². The minimum Gasteiger partial charge on any atom is -0.447 e. The number of carbonyl (C=O) groups excluding carboxylic acids is 2. The summed E-state index contributed by atoms with van der Waals surface area (Å²) < 4.78 is 28.8. The number of para-hydroxylation sites is 1. The van der Waals surface area contributed by atoms with E-state index in [1.165, 1.54) is 26.2 Å². The van der Waals surface area contributed by atoms with Gasteiger partial charge in [-0.2, -0.15) is 0 Å². The molecule has 1 N–H and O–H groups in total. The van der Waals surface area contributed by atoms with E-state index in [2.05, 4.69) is 5.32 Å². The van der Waals surface area contributed by atoms with Crippen LogP contribution in [0.3, 0.4) is 0 Å². The second-order valence-corrected chi connectivity index (χ2v) is 5.00. The first-order chi connectivity index (χ1) is 11.0. The summed E-state index contributed by atoms with van der Waals surface area (Å²) in [6.45, 7) is 3.74. The third-order valence-corrected chi connectivity index (χ3v) is 3.36. The highest BCUT2D eigenvalue weighted by molar-refractivity contribution is 5.97. The highest BCUT2D eigenvalue weighted by Gasteiger charge is 2.24. The van der Waals surface area contributed by atoms with E-state index in [4.69, 9.17) is 13.9 Å². The molecule has 0 spiro atoms. The van der Waals surface area contributed by atoms with Crippen LogP contribution in [-0.4, -0.2) is 38.2 Å². The average Bonchev–Trinajstić information content (AvgIpc) is 2.86. The normalized spacial score (nSPS) is 12.2. The summed E-state index contributed by atoms with van der Waals surface area (Å²) in [5, 5.41) is 3.05. The van der Waals surface area contributed by atoms with Crippen molar-refractivity contribution < 1.29 is 27.9 Å². The van der Waals surface area contributed by atoms with E-state index in [1.54, 1.807) is 13.0 Å². The quantitative estimate of drug-likeness (QED) is 0.651. The number of halogens is 1. The Morgan fingerprint density at radius 3 is 2.78 bits per heavy atom. The molecule has 0 aliphatic rings. The van der Waals surface area contributed by atoms with Gasteiger partial charge >= 0.3 is 5.97 Å². The number of amides is 1. The first-order valence-electron chi connectivity index (χ1n) is 7.11. The summed E-state index contributed by atoms with van der Waals surface area (Å²) >= 11 is 0. The molecule has 7 heteroatoms. The number of rotatable bonds is 6. The molecular weight excluding hydrogens is 305 g/mol. The van der Waals surface area contributed by atoms with Gasteiger partial charge < -0.3 is 19.2 Å². The molecule has 2 aromatic rings. The molecule has 1 atom stereocenters. The van der Waals surface area contributed by atoms with Gasteiger partial charge in [0.15, 0.2) is 17.5 Å². The lowest BCUT2D eigenvalue weighted by Crippen LogP contribution is -2.37. The molecule has 0 unspecified atom stereocenters. The number of nitrogens with one attached hydrogen (secondary N) is 1. The number of hydrogen-bond acceptors (Lipinski definition) is 5. The highest BCUT2D eigenvalue weighted by Crippen LogP contribution is 2.27. The summed E-state index contributed by atoms with van der Waals surface area (Å²) in [6.07, 6.45) is -1.00. The van der Waals surface area contributed by atoms with Crippen molar-refractivity contribution in [1.82, 2.24) is 5.32 Å². The summed E-state index contributed by atoms with van der Waals surface area (Å²) in [7, 11) is 1.51. The second-order valence-electron chi connectivity index (χ2n) is 5.00. The maximum Gasteiger partial charge on any atom is 0.375 e. The van der Waals surface area contributed by atoms with Crippen LogP contribution in [0.1, 0.15) is 23.0 Å². The van der Waals surface area contributed by atoms with Gasteiger partial charge in [-0.05, 0) is 19.9 Å². The van der Waals surface area contributed by atoms with Crippen molar-refractivity contribution in [2.75, 3.05) is 20.3 Å². The van der Waals surface area contributed by atoms with E-state index in [0.717, 1.165) is 0 Å². The lowest BCUT2D eigenvalue weighted by molar-refractivity contribution is -0.129. The van der Waals surface area contributed by atoms with Gasteiger partial charge in [0.1, 0.15) is 0 Å². The number of esters is 1. The number of methoxy groups -OCH3 is 1. The minimum absolute atomic E-state index is 0.00542. The molecule has 1 aromatic carbocycles. The fourth-order valence-corrected chi connectivity index (χ4v) is 2.09. The zero-order valence-corrected chi connectivity index (χ0v) is 13.1. The van der Waals surface area contributed by atoms with Crippen LogP contribution >= 0.6 is 0 Å². The molecule has 0 bridgehead atoms. The van der Waals surface area contributed by atoms with Crippen LogP contribution in [-0.2, 0) is 14.3 Å². The fourth-order valence-electron chi connectivity index (χ4n) is 2.09. The van der Waals surface area contributed by atoms with Crippen LogP contribution in [0.2, 0.25) is 0 Å². The molecule has 0 fully saturated rings. The molecule has 1 heterocycles. The molecular formula is C16H18FNO5. The van der Waals surface area contributed by atoms with Crippen LogP contribution in [0.25, 0.3) is 11.0 Å². The molecule has 23 heavy (non-hydrogen) atoms. The average molecular weight is 323 g/mol. The monoisotopic (exact) mass is 323 g/mol. The van der Waals surface area contributed by atoms with Gasteiger partial charge in [-0.15, -0.1) is 0 Å². The molecule has 0 aliphatic carbocycles. The number of carbonyl (C=O) groups is 2. The number of fused-ring (bicyclic) bond motifs is 1. The molecule has 6 nitrogen and oxygen atoms in total. The number of ether oxygens (including phenoxy) is 2. The fraction of sp³-hybridized carbons (Fsp3) is 0.375. The summed E-state index contributed by atoms with van der Waals surface area (Å²) in [5.41, 5.74) is 0.464. The van der Waals surface area contributed by atoms with E-state index in [-0.39, 0.29) is 11.3 Å². The van der Waals surface area contributed by atoms with Gasteiger partial charge in [0.05, 0.1) is 6.61 Å². The van der Waals surface area contributed by atoms with E-state index >= 15 is 0 Å². The van der Waals surface area contributed by atoms with Gasteiger partial charge in [0, 0.05) is 24.6 Å². The smallest absolute Gasteiger partial charge is 0.375 e. The first kappa shape index (κ1) is 17.0. The molecule has 0 radical (unpaired) electrons. The largest absolute Gasteiger partial charge is 0.447 e. The van der Waals surface area contributed by atoms with Gasteiger partial charge in [-0.3, -0.25) is 4.79 Å². The zero-order valence-electron chi connectivity index (χ0n) is 13.1. The van der Waals surface area contributed by atoms with E-state index in [9.17, 15) is 14.0 Å². The molecule has 124 valence electrons. The van der Waals surface area contributed by atoms with Gasteiger partial charge in [-0.1, -0.05) is 12.1 Å².